The summed E-state index contributed by atoms with van der Waals surface area (Å²) in [5.74, 6) is 0. The van der Waals surface area contributed by atoms with Crippen LogP contribution in [-0.4, -0.2) is 15.1 Å². The summed E-state index contributed by atoms with van der Waals surface area (Å²) in [6, 6.07) is 5.64. The third-order valence-electron chi connectivity index (χ3n) is 1.67. The zero-order valence-electron chi connectivity index (χ0n) is 6.32. The van der Waals surface area contributed by atoms with Crippen LogP contribution < -0.4 is 0 Å². The molecule has 12 heavy (non-hydrogen) atoms. The molecule has 3 nitrogen and oxygen atoms in total. The lowest BCUT2D eigenvalue weighted by atomic mass is 10.2. The predicted octanol–water partition coefficient (Wildman–Crippen LogP) is 1.48. The average Bonchev–Trinajstić information content (AvgIpc) is 2.50. The Morgan fingerprint density at radius 1 is 1.42 bits per heavy atom. The SMILES string of the molecule is Cl.OCc1ccc2nc[nH]c2c1. The largest absolute Gasteiger partial charge is 0.392 e. The minimum absolute atomic E-state index is 0. The van der Waals surface area contributed by atoms with Crippen molar-refractivity contribution in [2.45, 2.75) is 6.61 Å². The van der Waals surface area contributed by atoms with Gasteiger partial charge < -0.3 is 10.1 Å². The maximum Gasteiger partial charge on any atom is 0.0931 e. The highest BCUT2D eigenvalue weighted by atomic mass is 35.5. The molecule has 0 spiro atoms. The van der Waals surface area contributed by atoms with Crippen LogP contribution in [0.2, 0.25) is 0 Å². The summed E-state index contributed by atoms with van der Waals surface area (Å²) in [5.41, 5.74) is 2.81. The number of hydrogen-bond acceptors (Lipinski definition) is 2. The van der Waals surface area contributed by atoms with E-state index in [1.165, 1.54) is 0 Å². The van der Waals surface area contributed by atoms with E-state index in [-0.39, 0.29) is 19.0 Å². The third kappa shape index (κ3) is 1.42. The van der Waals surface area contributed by atoms with Crippen LogP contribution in [0.4, 0.5) is 0 Å². The lowest BCUT2D eigenvalue weighted by molar-refractivity contribution is 0.282. The summed E-state index contributed by atoms with van der Waals surface area (Å²) in [5, 5.41) is 8.80. The second-order valence-electron chi connectivity index (χ2n) is 2.41. The molecule has 0 aliphatic carbocycles. The van der Waals surface area contributed by atoms with Crippen molar-refractivity contribution in [3.8, 4) is 0 Å². The van der Waals surface area contributed by atoms with Gasteiger partial charge in [-0.15, -0.1) is 12.4 Å². The molecular formula is C8H9ClN2O. The highest BCUT2D eigenvalue weighted by molar-refractivity contribution is 5.85. The maximum absolute atomic E-state index is 8.80. The zero-order valence-corrected chi connectivity index (χ0v) is 7.14. The van der Waals surface area contributed by atoms with E-state index in [0.717, 1.165) is 16.6 Å². The molecule has 2 N–H and O–H groups in total. The molecule has 0 amide bonds. The number of aromatic nitrogens is 2. The Morgan fingerprint density at radius 2 is 2.25 bits per heavy atom. The number of H-pyrrole nitrogens is 1. The first-order chi connectivity index (χ1) is 5.40. The molecule has 64 valence electrons. The second-order valence-corrected chi connectivity index (χ2v) is 2.41. The highest BCUT2D eigenvalue weighted by Gasteiger charge is 1.95. The first-order valence-corrected chi connectivity index (χ1v) is 3.43. The van der Waals surface area contributed by atoms with Crippen LogP contribution in [0.3, 0.4) is 0 Å². The Labute approximate surface area is 75.9 Å². The molecule has 2 aromatic rings. The quantitative estimate of drug-likeness (QED) is 0.706. The van der Waals surface area contributed by atoms with Crippen molar-refractivity contribution < 1.29 is 5.11 Å². The topological polar surface area (TPSA) is 48.9 Å². The smallest absolute Gasteiger partial charge is 0.0931 e. The minimum Gasteiger partial charge on any atom is -0.392 e. The van der Waals surface area contributed by atoms with Crippen LogP contribution in [0.15, 0.2) is 24.5 Å². The molecule has 1 heterocycles. The number of aliphatic hydroxyl groups excluding tert-OH is 1. The van der Waals surface area contributed by atoms with Gasteiger partial charge >= 0.3 is 0 Å². The summed E-state index contributed by atoms with van der Waals surface area (Å²) in [7, 11) is 0. The fraction of sp³-hybridized carbons (Fsp3) is 0.125. The molecule has 0 bridgehead atoms. The van der Waals surface area contributed by atoms with Crippen LogP contribution in [0.1, 0.15) is 5.56 Å². The monoisotopic (exact) mass is 184 g/mol. The Hall–Kier alpha value is -1.06. The van der Waals surface area contributed by atoms with E-state index in [2.05, 4.69) is 9.97 Å². The van der Waals surface area contributed by atoms with Gasteiger partial charge in [0.2, 0.25) is 0 Å². The summed E-state index contributed by atoms with van der Waals surface area (Å²) in [6.07, 6.45) is 1.64. The number of benzene rings is 1. The normalized spacial score (nSPS) is 9.75. The van der Waals surface area contributed by atoms with E-state index in [0.29, 0.717) is 0 Å². The average molecular weight is 185 g/mol. The summed E-state index contributed by atoms with van der Waals surface area (Å²) in [6.45, 7) is 0.0783. The molecule has 0 radical (unpaired) electrons. The molecule has 0 saturated heterocycles. The van der Waals surface area contributed by atoms with Crippen molar-refractivity contribution in [3.63, 3.8) is 0 Å². The van der Waals surface area contributed by atoms with Crippen LogP contribution in [-0.2, 0) is 6.61 Å². The number of hydrogen-bond donors (Lipinski definition) is 2. The first kappa shape index (κ1) is 9.03. The molecule has 0 aliphatic heterocycles. The van der Waals surface area contributed by atoms with Gasteiger partial charge in [-0.2, -0.15) is 0 Å². The minimum atomic E-state index is 0. The van der Waals surface area contributed by atoms with Gasteiger partial charge in [0, 0.05) is 0 Å². The zero-order chi connectivity index (χ0) is 7.68. The number of fused-ring (bicyclic) bond motifs is 1. The molecule has 0 unspecified atom stereocenters. The number of aromatic amines is 1. The van der Waals surface area contributed by atoms with Crippen LogP contribution in [0, 0.1) is 0 Å². The number of halogens is 1. The fourth-order valence-electron chi connectivity index (χ4n) is 1.08. The van der Waals surface area contributed by atoms with Crippen molar-refractivity contribution in [1.29, 1.82) is 0 Å². The van der Waals surface area contributed by atoms with Gasteiger partial charge in [-0.1, -0.05) is 6.07 Å². The number of aliphatic hydroxyl groups is 1. The van der Waals surface area contributed by atoms with Gasteiger partial charge in [0.1, 0.15) is 0 Å². The molecular weight excluding hydrogens is 176 g/mol. The predicted molar refractivity (Wildman–Crippen MR) is 49.3 cm³/mol. The van der Waals surface area contributed by atoms with E-state index in [9.17, 15) is 0 Å². The second kappa shape index (κ2) is 3.56. The third-order valence-corrected chi connectivity index (χ3v) is 1.67. The van der Waals surface area contributed by atoms with E-state index in [4.69, 9.17) is 5.11 Å². The Kier molecular flexibility index (Phi) is 2.68. The van der Waals surface area contributed by atoms with Crippen molar-refractivity contribution in [2.75, 3.05) is 0 Å². The van der Waals surface area contributed by atoms with Crippen LogP contribution in [0.5, 0.6) is 0 Å². The molecule has 0 atom stereocenters. The van der Waals surface area contributed by atoms with Gasteiger partial charge in [0.25, 0.3) is 0 Å². The molecule has 0 fully saturated rings. The van der Waals surface area contributed by atoms with E-state index >= 15 is 0 Å². The molecule has 1 aromatic heterocycles. The number of nitrogens with zero attached hydrogens (tertiary/aromatic N) is 1. The van der Waals surface area contributed by atoms with E-state index in [1.54, 1.807) is 6.33 Å². The van der Waals surface area contributed by atoms with Crippen LogP contribution in [0.25, 0.3) is 11.0 Å². The first-order valence-electron chi connectivity index (χ1n) is 3.43. The molecule has 0 aliphatic rings. The van der Waals surface area contributed by atoms with Crippen molar-refractivity contribution in [1.82, 2.24) is 9.97 Å². The Balaban J connectivity index is 0.000000720. The lowest BCUT2D eigenvalue weighted by Gasteiger charge is -1.93. The lowest BCUT2D eigenvalue weighted by Crippen LogP contribution is -1.81. The molecule has 0 saturated carbocycles. The molecule has 2 rings (SSSR count). The molecule has 4 heteroatoms. The van der Waals surface area contributed by atoms with Gasteiger partial charge in [0.15, 0.2) is 0 Å². The highest BCUT2D eigenvalue weighted by Crippen LogP contribution is 2.10. The van der Waals surface area contributed by atoms with Crippen LogP contribution >= 0.6 is 12.4 Å². The number of imidazole rings is 1. The van der Waals surface area contributed by atoms with Crippen molar-refractivity contribution in [2.24, 2.45) is 0 Å². The summed E-state index contributed by atoms with van der Waals surface area (Å²) >= 11 is 0. The Morgan fingerprint density at radius 3 is 3.00 bits per heavy atom. The standard InChI is InChI=1S/C8H8N2O.ClH/c11-4-6-1-2-7-8(3-6)10-5-9-7;/h1-3,5,11H,4H2,(H,9,10);1H. The maximum atomic E-state index is 8.80. The fourth-order valence-corrected chi connectivity index (χ4v) is 1.08. The van der Waals surface area contributed by atoms with Gasteiger partial charge in [-0.05, 0) is 17.7 Å². The number of nitrogens with one attached hydrogen (secondary N) is 1. The van der Waals surface area contributed by atoms with Gasteiger partial charge in [-0.3, -0.25) is 0 Å². The summed E-state index contributed by atoms with van der Waals surface area (Å²) in [4.78, 5) is 7.03. The Bertz CT molecular complexity index is 372. The van der Waals surface area contributed by atoms with Crippen molar-refractivity contribution >= 4 is 23.4 Å². The van der Waals surface area contributed by atoms with E-state index in [1.807, 2.05) is 18.2 Å². The van der Waals surface area contributed by atoms with Gasteiger partial charge in [-0.25, -0.2) is 4.98 Å². The number of rotatable bonds is 1. The van der Waals surface area contributed by atoms with Gasteiger partial charge in [0.05, 0.1) is 24.0 Å². The van der Waals surface area contributed by atoms with Crippen molar-refractivity contribution in [3.05, 3.63) is 30.1 Å². The molecule has 1 aromatic carbocycles. The summed E-state index contributed by atoms with van der Waals surface area (Å²) < 4.78 is 0. The van der Waals surface area contributed by atoms with E-state index < -0.39 is 0 Å².